The van der Waals surface area contributed by atoms with Crippen LogP contribution in [-0.4, -0.2) is 38.5 Å². The van der Waals surface area contributed by atoms with Gasteiger partial charge >= 0.3 is 5.97 Å². The maximum atomic E-state index is 11.8. The van der Waals surface area contributed by atoms with Gasteiger partial charge in [0.1, 0.15) is 4.21 Å². The highest BCUT2D eigenvalue weighted by Gasteiger charge is 2.17. The van der Waals surface area contributed by atoms with Gasteiger partial charge in [-0.3, -0.25) is 9.59 Å². The summed E-state index contributed by atoms with van der Waals surface area (Å²) < 4.78 is 26.5. The van der Waals surface area contributed by atoms with E-state index in [1.54, 1.807) is 6.07 Å². The van der Waals surface area contributed by atoms with Gasteiger partial charge < -0.3 is 10.4 Å². The maximum absolute atomic E-state index is 11.8. The van der Waals surface area contributed by atoms with E-state index in [1.807, 2.05) is 0 Å². The molecule has 1 rings (SSSR count). The Morgan fingerprint density at radius 1 is 1.35 bits per heavy atom. The minimum Gasteiger partial charge on any atom is -0.481 e. The third kappa shape index (κ3) is 5.99. The number of aliphatic carboxylic acids is 1. The average Bonchev–Trinajstić information content (AvgIpc) is 2.79. The number of carboxylic acids is 1. The molecular weight excluding hydrogens is 372 g/mol. The van der Waals surface area contributed by atoms with E-state index in [9.17, 15) is 18.0 Å². The molecule has 7 nitrogen and oxygen atoms in total. The van der Waals surface area contributed by atoms with Crippen molar-refractivity contribution in [2.75, 3.05) is 13.1 Å². The molecule has 0 atom stereocenters. The van der Waals surface area contributed by atoms with Crippen molar-refractivity contribution in [2.45, 2.75) is 17.1 Å². The van der Waals surface area contributed by atoms with Crippen molar-refractivity contribution in [3.63, 3.8) is 0 Å². The number of nitrogens with one attached hydrogen (secondary N) is 2. The highest BCUT2D eigenvalue weighted by molar-refractivity contribution is 9.11. The molecule has 1 aromatic heterocycles. The molecule has 0 bridgehead atoms. The van der Waals surface area contributed by atoms with E-state index in [4.69, 9.17) is 5.11 Å². The molecule has 0 radical (unpaired) electrons. The molecule has 0 aliphatic carbocycles. The van der Waals surface area contributed by atoms with Gasteiger partial charge in [0.25, 0.3) is 10.0 Å². The summed E-state index contributed by atoms with van der Waals surface area (Å²) in [5.41, 5.74) is 0. The molecule has 0 aromatic carbocycles. The summed E-state index contributed by atoms with van der Waals surface area (Å²) in [4.78, 5) is 21.6. The molecule has 1 aromatic rings. The van der Waals surface area contributed by atoms with Gasteiger partial charge in [0.2, 0.25) is 5.91 Å². The van der Waals surface area contributed by atoms with Crippen molar-refractivity contribution in [2.24, 2.45) is 0 Å². The van der Waals surface area contributed by atoms with Crippen LogP contribution in [-0.2, 0) is 19.6 Å². The van der Waals surface area contributed by atoms with Crippen LogP contribution in [0, 0.1) is 0 Å². The maximum Gasteiger partial charge on any atom is 0.303 e. The molecule has 0 saturated heterocycles. The lowest BCUT2D eigenvalue weighted by Crippen LogP contribution is -2.37. The summed E-state index contributed by atoms with van der Waals surface area (Å²) >= 11 is 4.20. The zero-order valence-corrected chi connectivity index (χ0v) is 13.5. The lowest BCUT2D eigenvalue weighted by atomic mass is 10.3. The van der Waals surface area contributed by atoms with Crippen LogP contribution in [0.1, 0.15) is 12.8 Å². The van der Waals surface area contributed by atoms with Gasteiger partial charge in [0.05, 0.1) is 10.3 Å². The van der Waals surface area contributed by atoms with Crippen LogP contribution in [0.3, 0.4) is 0 Å². The first-order valence-electron chi connectivity index (χ1n) is 5.55. The second-order valence-electron chi connectivity index (χ2n) is 3.73. The molecule has 10 heteroatoms. The van der Waals surface area contributed by atoms with Crippen molar-refractivity contribution >= 4 is 49.2 Å². The molecule has 0 fully saturated rings. The smallest absolute Gasteiger partial charge is 0.303 e. The lowest BCUT2D eigenvalue weighted by molar-refractivity contribution is -0.137. The summed E-state index contributed by atoms with van der Waals surface area (Å²) in [6.45, 7) is -0.192. The molecule has 112 valence electrons. The Morgan fingerprint density at radius 3 is 2.60 bits per heavy atom. The number of carboxylic acid groups (broad SMARTS) is 1. The molecule has 0 saturated carbocycles. The van der Waals surface area contributed by atoms with Crippen LogP contribution in [0.5, 0.6) is 0 Å². The summed E-state index contributed by atoms with van der Waals surface area (Å²) in [6.07, 6.45) is 0.251. The third-order valence-electron chi connectivity index (χ3n) is 2.13. The van der Waals surface area contributed by atoms with Crippen molar-refractivity contribution in [1.82, 2.24) is 10.0 Å². The summed E-state index contributed by atoms with van der Waals surface area (Å²) in [5, 5.41) is 10.8. The predicted molar refractivity (Wildman–Crippen MR) is 77.1 cm³/mol. The van der Waals surface area contributed by atoms with Gasteiger partial charge in [-0.05, 0) is 34.5 Å². The predicted octanol–water partition coefficient (Wildman–Crippen LogP) is 0.770. The standard InChI is InChI=1S/C10H13BrN2O5S2/c11-7-3-4-10(19-7)20(17,18)13-6-8(14)12-5-1-2-9(15)16/h3-4,13H,1-2,5-6H2,(H,12,14)(H,15,16). The molecule has 20 heavy (non-hydrogen) atoms. The monoisotopic (exact) mass is 384 g/mol. The number of hydrogen-bond donors (Lipinski definition) is 3. The van der Waals surface area contributed by atoms with Crippen molar-refractivity contribution in [1.29, 1.82) is 0 Å². The van der Waals surface area contributed by atoms with Crippen LogP contribution in [0.4, 0.5) is 0 Å². The Morgan fingerprint density at radius 2 is 2.05 bits per heavy atom. The fourth-order valence-corrected chi connectivity index (χ4v) is 4.24. The summed E-state index contributed by atoms with van der Waals surface area (Å²) in [5.74, 6) is -1.45. The second-order valence-corrected chi connectivity index (χ2v) is 8.19. The van der Waals surface area contributed by atoms with Gasteiger partial charge in [0, 0.05) is 13.0 Å². The fraction of sp³-hybridized carbons (Fsp3) is 0.400. The van der Waals surface area contributed by atoms with E-state index in [1.165, 1.54) is 6.07 Å². The van der Waals surface area contributed by atoms with E-state index >= 15 is 0 Å². The summed E-state index contributed by atoms with van der Waals surface area (Å²) in [7, 11) is -3.69. The minimum absolute atomic E-state index is 0.0464. The first-order chi connectivity index (χ1) is 9.31. The van der Waals surface area contributed by atoms with Crippen LogP contribution < -0.4 is 10.0 Å². The van der Waals surface area contributed by atoms with Crippen molar-refractivity contribution < 1.29 is 23.1 Å². The number of hydrogen-bond acceptors (Lipinski definition) is 5. The Labute approximate surface area is 128 Å². The molecular formula is C10H13BrN2O5S2. The highest BCUT2D eigenvalue weighted by Crippen LogP contribution is 2.25. The highest BCUT2D eigenvalue weighted by atomic mass is 79.9. The van der Waals surface area contributed by atoms with Crippen LogP contribution in [0.25, 0.3) is 0 Å². The Hall–Kier alpha value is -0.970. The topological polar surface area (TPSA) is 113 Å². The van der Waals surface area contributed by atoms with Gasteiger partial charge in [-0.25, -0.2) is 13.1 Å². The zero-order valence-electron chi connectivity index (χ0n) is 10.3. The molecule has 0 unspecified atom stereocenters. The van der Waals surface area contributed by atoms with Gasteiger partial charge in [-0.2, -0.15) is 0 Å². The first kappa shape index (κ1) is 17.1. The van der Waals surface area contributed by atoms with Crippen LogP contribution in [0.15, 0.2) is 20.1 Å². The number of rotatable bonds is 8. The van der Waals surface area contributed by atoms with E-state index in [-0.39, 0.29) is 23.7 Å². The van der Waals surface area contributed by atoms with Gasteiger partial charge in [-0.1, -0.05) is 0 Å². The average molecular weight is 385 g/mol. The summed E-state index contributed by atoms with van der Waals surface area (Å²) in [6, 6.07) is 3.03. The normalized spacial score (nSPS) is 11.2. The van der Waals surface area contributed by atoms with E-state index in [0.717, 1.165) is 11.3 Å². The number of carbonyl (C=O) groups excluding carboxylic acids is 1. The number of carbonyl (C=O) groups is 2. The second kappa shape index (κ2) is 7.72. The van der Waals surface area contributed by atoms with Crippen LogP contribution >= 0.6 is 27.3 Å². The fourth-order valence-electron chi connectivity index (χ4n) is 1.20. The number of sulfonamides is 1. The molecule has 1 heterocycles. The van der Waals surface area contributed by atoms with Crippen molar-refractivity contribution in [3.8, 4) is 0 Å². The van der Waals surface area contributed by atoms with E-state index in [0.29, 0.717) is 10.2 Å². The lowest BCUT2D eigenvalue weighted by Gasteiger charge is -2.06. The molecule has 3 N–H and O–H groups in total. The van der Waals surface area contributed by atoms with Gasteiger partial charge in [-0.15, -0.1) is 11.3 Å². The zero-order chi connectivity index (χ0) is 15.2. The first-order valence-corrected chi connectivity index (χ1v) is 8.64. The Kier molecular flexibility index (Phi) is 6.59. The van der Waals surface area contributed by atoms with E-state index in [2.05, 4.69) is 26.0 Å². The number of amides is 1. The molecule has 0 spiro atoms. The van der Waals surface area contributed by atoms with Crippen molar-refractivity contribution in [3.05, 3.63) is 15.9 Å². The van der Waals surface area contributed by atoms with Gasteiger partial charge in [0.15, 0.2) is 0 Å². The molecule has 0 aliphatic heterocycles. The van der Waals surface area contributed by atoms with E-state index < -0.39 is 21.9 Å². The Balaban J connectivity index is 2.35. The number of halogens is 1. The number of thiophene rings is 1. The quantitative estimate of drug-likeness (QED) is 0.573. The minimum atomic E-state index is -3.69. The molecule has 1 amide bonds. The SMILES string of the molecule is O=C(O)CCCNC(=O)CNS(=O)(=O)c1ccc(Br)s1. The third-order valence-corrected chi connectivity index (χ3v) is 5.64. The Bertz CT molecular complexity index is 584. The largest absolute Gasteiger partial charge is 0.481 e. The molecule has 0 aliphatic rings. The van der Waals surface area contributed by atoms with Crippen LogP contribution in [0.2, 0.25) is 0 Å².